The molecule has 0 spiro atoms. The van der Waals surface area contributed by atoms with Gasteiger partial charge in [-0.15, -0.1) is 0 Å². The van der Waals surface area contributed by atoms with Gasteiger partial charge in [-0.05, 0) is 25.3 Å². The molecule has 0 aromatic carbocycles. The van der Waals surface area contributed by atoms with Gasteiger partial charge in [0.1, 0.15) is 12.1 Å². The largest absolute Gasteiger partial charge is 0.474 e. The number of carbonyl (C=O) groups is 1. The van der Waals surface area contributed by atoms with Crippen LogP contribution in [-0.2, 0) is 9.53 Å². The number of nitrogens with zero attached hydrogens (tertiary/aromatic N) is 2. The number of amides is 1. The van der Waals surface area contributed by atoms with Gasteiger partial charge in [0.05, 0.1) is 11.6 Å². The second-order valence-electron chi connectivity index (χ2n) is 6.95. The standard InChI is InChI=1S/C17H25N5O3/c1-24-17-6-5-12(25-15-4-2-3-8-18-15)10-14(17)22(9-7-17)16(23)13-11-19-21-20-13/h2-4,8,12-14,19-21H,5-7,9-11H2,1H3/t12-,13?,14+,17-/m1/s1. The molecule has 8 heteroatoms. The Hall–Kier alpha value is -1.74. The SMILES string of the molecule is CO[C@@]12CC[C@@H](Oc3ccccn3)C[C@@H]1N(C(=O)C1CNNN1)CC2. The Kier molecular flexibility index (Phi) is 4.60. The summed E-state index contributed by atoms with van der Waals surface area (Å²) in [7, 11) is 1.76. The van der Waals surface area contributed by atoms with Crippen molar-refractivity contribution < 1.29 is 14.3 Å². The number of hydrogen-bond acceptors (Lipinski definition) is 7. The predicted molar refractivity (Wildman–Crippen MR) is 90.4 cm³/mol. The molecular formula is C17H25N5O3. The van der Waals surface area contributed by atoms with Crippen LogP contribution in [0.1, 0.15) is 25.7 Å². The van der Waals surface area contributed by atoms with Gasteiger partial charge in [-0.2, -0.15) is 5.53 Å². The molecule has 3 N–H and O–H groups in total. The van der Waals surface area contributed by atoms with Crippen LogP contribution in [0, 0.1) is 0 Å². The second-order valence-corrected chi connectivity index (χ2v) is 6.95. The van der Waals surface area contributed by atoms with Crippen LogP contribution in [0.4, 0.5) is 0 Å². The van der Waals surface area contributed by atoms with E-state index >= 15 is 0 Å². The molecule has 1 unspecified atom stereocenters. The summed E-state index contributed by atoms with van der Waals surface area (Å²) in [5.41, 5.74) is 8.47. The lowest BCUT2D eigenvalue weighted by atomic mass is 9.79. The Morgan fingerprint density at radius 3 is 3.04 bits per heavy atom. The van der Waals surface area contributed by atoms with Crippen molar-refractivity contribution in [2.45, 2.75) is 49.5 Å². The Morgan fingerprint density at radius 2 is 2.32 bits per heavy atom. The first kappa shape index (κ1) is 16.7. The Morgan fingerprint density at radius 1 is 1.40 bits per heavy atom. The van der Waals surface area contributed by atoms with Crippen LogP contribution in [0.25, 0.3) is 0 Å². The number of carbonyl (C=O) groups excluding carboxylic acids is 1. The molecule has 1 amide bonds. The average Bonchev–Trinajstić information content (AvgIpc) is 3.30. The highest BCUT2D eigenvalue weighted by molar-refractivity contribution is 5.83. The van der Waals surface area contributed by atoms with Crippen molar-refractivity contribution in [2.24, 2.45) is 0 Å². The molecule has 25 heavy (non-hydrogen) atoms. The van der Waals surface area contributed by atoms with E-state index in [0.29, 0.717) is 12.4 Å². The zero-order valence-corrected chi connectivity index (χ0v) is 14.4. The quantitative estimate of drug-likeness (QED) is 0.705. The summed E-state index contributed by atoms with van der Waals surface area (Å²) in [5, 5.41) is 0. The molecule has 136 valence electrons. The van der Waals surface area contributed by atoms with E-state index in [4.69, 9.17) is 9.47 Å². The van der Waals surface area contributed by atoms with Crippen LogP contribution in [0.2, 0.25) is 0 Å². The van der Waals surface area contributed by atoms with Crippen molar-refractivity contribution in [3.8, 4) is 5.88 Å². The van der Waals surface area contributed by atoms with Gasteiger partial charge in [-0.25, -0.2) is 15.8 Å². The van der Waals surface area contributed by atoms with E-state index < -0.39 is 0 Å². The number of rotatable bonds is 4. The first-order valence-electron chi connectivity index (χ1n) is 8.88. The molecule has 2 aliphatic heterocycles. The summed E-state index contributed by atoms with van der Waals surface area (Å²) in [6.07, 6.45) is 5.23. The fraction of sp³-hybridized carbons (Fsp3) is 0.647. The van der Waals surface area contributed by atoms with Gasteiger partial charge in [0.15, 0.2) is 0 Å². The first-order valence-corrected chi connectivity index (χ1v) is 8.88. The average molecular weight is 347 g/mol. The van der Waals surface area contributed by atoms with E-state index in [-0.39, 0.29) is 29.7 Å². The summed E-state index contributed by atoms with van der Waals surface area (Å²) in [4.78, 5) is 19.1. The summed E-state index contributed by atoms with van der Waals surface area (Å²) in [6.45, 7) is 1.31. The highest BCUT2D eigenvalue weighted by atomic mass is 16.5. The molecule has 1 aliphatic carbocycles. The fourth-order valence-electron chi connectivity index (χ4n) is 4.31. The number of hydrogen-bond donors (Lipinski definition) is 3. The van der Waals surface area contributed by atoms with Crippen LogP contribution < -0.4 is 21.1 Å². The van der Waals surface area contributed by atoms with E-state index in [0.717, 1.165) is 32.2 Å². The zero-order chi connectivity index (χ0) is 17.3. The van der Waals surface area contributed by atoms with E-state index in [9.17, 15) is 4.79 Å². The molecule has 3 fully saturated rings. The summed E-state index contributed by atoms with van der Waals surface area (Å²) in [5.74, 6) is 0.749. The number of aromatic nitrogens is 1. The summed E-state index contributed by atoms with van der Waals surface area (Å²) >= 11 is 0. The topological polar surface area (TPSA) is 87.8 Å². The number of hydrazine groups is 2. The molecule has 0 bridgehead atoms. The van der Waals surface area contributed by atoms with Crippen molar-refractivity contribution in [2.75, 3.05) is 20.2 Å². The van der Waals surface area contributed by atoms with Crippen molar-refractivity contribution in [1.29, 1.82) is 0 Å². The predicted octanol–water partition coefficient (Wildman–Crippen LogP) is -0.0200. The number of ether oxygens (including phenoxy) is 2. The number of fused-ring (bicyclic) bond motifs is 1. The van der Waals surface area contributed by atoms with Crippen LogP contribution in [0.3, 0.4) is 0 Å². The minimum absolute atomic E-state index is 0.0369. The second kappa shape index (κ2) is 6.87. The van der Waals surface area contributed by atoms with Crippen molar-refractivity contribution in [3.05, 3.63) is 24.4 Å². The number of pyridine rings is 1. The normalized spacial score (nSPS) is 34.8. The summed E-state index contributed by atoms with van der Waals surface area (Å²) in [6, 6.07) is 5.45. The lowest BCUT2D eigenvalue weighted by molar-refractivity contribution is -0.141. The molecule has 3 aliphatic rings. The first-order chi connectivity index (χ1) is 12.2. The van der Waals surface area contributed by atoms with Gasteiger partial charge >= 0.3 is 0 Å². The lowest BCUT2D eigenvalue weighted by Gasteiger charge is -2.43. The number of likely N-dealkylation sites (tertiary alicyclic amines) is 1. The Balaban J connectivity index is 1.49. The minimum atomic E-state index is -0.251. The van der Waals surface area contributed by atoms with Crippen LogP contribution in [0.15, 0.2) is 24.4 Å². The lowest BCUT2D eigenvalue weighted by Crippen LogP contribution is -2.56. The molecule has 2 saturated heterocycles. The van der Waals surface area contributed by atoms with Gasteiger partial charge in [0, 0.05) is 38.9 Å². The highest BCUT2D eigenvalue weighted by Crippen LogP contribution is 2.43. The van der Waals surface area contributed by atoms with E-state index in [1.54, 1.807) is 13.3 Å². The molecule has 4 atom stereocenters. The molecule has 0 radical (unpaired) electrons. The molecular weight excluding hydrogens is 322 g/mol. The Labute approximate surface area is 147 Å². The van der Waals surface area contributed by atoms with E-state index in [1.165, 1.54) is 0 Å². The third-order valence-electron chi connectivity index (χ3n) is 5.69. The maximum Gasteiger partial charge on any atom is 0.242 e. The van der Waals surface area contributed by atoms with Crippen LogP contribution >= 0.6 is 0 Å². The molecule has 1 aromatic heterocycles. The van der Waals surface area contributed by atoms with Crippen molar-refractivity contribution in [3.63, 3.8) is 0 Å². The number of methoxy groups -OCH3 is 1. The van der Waals surface area contributed by atoms with Gasteiger partial charge in [0.25, 0.3) is 0 Å². The van der Waals surface area contributed by atoms with E-state index in [2.05, 4.69) is 21.4 Å². The van der Waals surface area contributed by atoms with Gasteiger partial charge in [0.2, 0.25) is 11.8 Å². The monoisotopic (exact) mass is 347 g/mol. The highest BCUT2D eigenvalue weighted by Gasteiger charge is 2.53. The number of nitrogens with one attached hydrogen (secondary N) is 3. The zero-order valence-electron chi connectivity index (χ0n) is 14.4. The van der Waals surface area contributed by atoms with Gasteiger partial charge in [-0.3, -0.25) is 4.79 Å². The molecule has 3 heterocycles. The van der Waals surface area contributed by atoms with Gasteiger partial charge in [-0.1, -0.05) is 6.07 Å². The molecule has 1 aromatic rings. The molecule has 8 nitrogen and oxygen atoms in total. The fourth-order valence-corrected chi connectivity index (χ4v) is 4.31. The van der Waals surface area contributed by atoms with Crippen LogP contribution in [0.5, 0.6) is 5.88 Å². The molecule has 1 saturated carbocycles. The smallest absolute Gasteiger partial charge is 0.242 e. The maximum absolute atomic E-state index is 12.9. The van der Waals surface area contributed by atoms with Crippen molar-refractivity contribution >= 4 is 5.91 Å². The minimum Gasteiger partial charge on any atom is -0.474 e. The van der Waals surface area contributed by atoms with Gasteiger partial charge < -0.3 is 14.4 Å². The Bertz CT molecular complexity index is 610. The summed E-state index contributed by atoms with van der Waals surface area (Å²) < 4.78 is 12.0. The maximum atomic E-state index is 12.9. The van der Waals surface area contributed by atoms with E-state index in [1.807, 2.05) is 23.1 Å². The van der Waals surface area contributed by atoms with Crippen molar-refractivity contribution in [1.82, 2.24) is 26.3 Å². The third kappa shape index (κ3) is 3.10. The molecule has 4 rings (SSSR count). The van der Waals surface area contributed by atoms with Crippen LogP contribution in [-0.4, -0.2) is 59.8 Å². The third-order valence-corrected chi connectivity index (χ3v) is 5.69.